The molecular weight excluding hydrogens is 350 g/mol. The van der Waals surface area contributed by atoms with E-state index in [1.54, 1.807) is 30.6 Å². The second-order valence-electron chi connectivity index (χ2n) is 5.91. The van der Waals surface area contributed by atoms with Crippen molar-refractivity contribution in [3.05, 3.63) is 76.2 Å². The second-order valence-corrected chi connectivity index (χ2v) is 6.32. The molecule has 2 N–H and O–H groups in total. The molecule has 2 heterocycles. The number of carbonyl (C=O) groups is 1. The number of hydrogen-bond acceptors (Lipinski definition) is 5. The molecule has 1 amide bonds. The van der Waals surface area contributed by atoms with Crippen LogP contribution in [0.15, 0.2) is 48.8 Å². The molecular formula is C19H18ClN5O. The van der Waals surface area contributed by atoms with Crippen molar-refractivity contribution in [1.29, 1.82) is 0 Å². The van der Waals surface area contributed by atoms with Gasteiger partial charge in [0.2, 0.25) is 0 Å². The Hall–Kier alpha value is -2.99. The molecule has 0 bridgehead atoms. The van der Waals surface area contributed by atoms with Crippen LogP contribution in [0, 0.1) is 13.8 Å². The van der Waals surface area contributed by atoms with Gasteiger partial charge in [-0.1, -0.05) is 23.7 Å². The fourth-order valence-electron chi connectivity index (χ4n) is 2.49. The highest BCUT2D eigenvalue weighted by Gasteiger charge is 2.13. The highest BCUT2D eigenvalue weighted by Crippen LogP contribution is 2.27. The zero-order valence-electron chi connectivity index (χ0n) is 14.5. The summed E-state index contributed by atoms with van der Waals surface area (Å²) in [7, 11) is 0. The van der Waals surface area contributed by atoms with E-state index in [0.29, 0.717) is 23.1 Å². The summed E-state index contributed by atoms with van der Waals surface area (Å²) in [5.74, 6) is 0.222. The third kappa shape index (κ3) is 4.34. The van der Waals surface area contributed by atoms with Crippen molar-refractivity contribution in [2.45, 2.75) is 20.4 Å². The predicted molar refractivity (Wildman–Crippen MR) is 102 cm³/mol. The molecule has 1 aromatic carbocycles. The van der Waals surface area contributed by atoms with E-state index in [4.69, 9.17) is 11.6 Å². The van der Waals surface area contributed by atoms with Crippen LogP contribution in [-0.4, -0.2) is 21.1 Å². The fraction of sp³-hybridized carbons (Fsp3) is 0.158. The van der Waals surface area contributed by atoms with Gasteiger partial charge in [0.25, 0.3) is 5.91 Å². The first-order chi connectivity index (χ1) is 12.5. The van der Waals surface area contributed by atoms with Gasteiger partial charge < -0.3 is 10.6 Å². The molecule has 0 aliphatic carbocycles. The number of carbonyl (C=O) groups excluding carboxylic acids is 1. The summed E-state index contributed by atoms with van der Waals surface area (Å²) in [6.07, 6.45) is 3.49. The number of nitrogens with zero attached hydrogens (tertiary/aromatic N) is 3. The zero-order valence-corrected chi connectivity index (χ0v) is 15.2. The largest absolute Gasteiger partial charge is 0.364 e. The fourth-order valence-corrected chi connectivity index (χ4v) is 2.86. The number of hydrogen-bond donors (Lipinski definition) is 2. The summed E-state index contributed by atoms with van der Waals surface area (Å²) in [5.41, 5.74) is 3.76. The zero-order chi connectivity index (χ0) is 18.5. The highest BCUT2D eigenvalue weighted by atomic mass is 35.5. The number of nitrogens with one attached hydrogen (secondary N) is 2. The monoisotopic (exact) mass is 367 g/mol. The van der Waals surface area contributed by atoms with Crippen molar-refractivity contribution in [2.24, 2.45) is 0 Å². The lowest BCUT2D eigenvalue weighted by Crippen LogP contribution is -2.16. The van der Waals surface area contributed by atoms with E-state index in [0.717, 1.165) is 16.7 Å². The number of halogens is 1. The van der Waals surface area contributed by atoms with Crippen LogP contribution < -0.4 is 10.6 Å². The maximum atomic E-state index is 12.4. The Kier molecular flexibility index (Phi) is 5.43. The maximum absolute atomic E-state index is 12.4. The van der Waals surface area contributed by atoms with Crippen molar-refractivity contribution in [1.82, 2.24) is 15.2 Å². The first kappa shape index (κ1) is 17.8. The minimum absolute atomic E-state index is 0.216. The average molecular weight is 368 g/mol. The van der Waals surface area contributed by atoms with Crippen LogP contribution in [0.3, 0.4) is 0 Å². The number of pyridine rings is 1. The van der Waals surface area contributed by atoms with Gasteiger partial charge in [0.1, 0.15) is 5.82 Å². The van der Waals surface area contributed by atoms with E-state index in [9.17, 15) is 4.79 Å². The van der Waals surface area contributed by atoms with E-state index < -0.39 is 0 Å². The van der Waals surface area contributed by atoms with Gasteiger partial charge in [-0.15, -0.1) is 10.2 Å². The number of aromatic nitrogens is 3. The smallest absolute Gasteiger partial charge is 0.276 e. The van der Waals surface area contributed by atoms with Crippen LogP contribution in [0.5, 0.6) is 0 Å². The van der Waals surface area contributed by atoms with Gasteiger partial charge in [-0.25, -0.2) is 0 Å². The molecule has 3 aromatic rings. The molecule has 0 aliphatic heterocycles. The Labute approximate surface area is 156 Å². The van der Waals surface area contributed by atoms with Crippen molar-refractivity contribution in [2.75, 3.05) is 10.6 Å². The topological polar surface area (TPSA) is 79.8 Å². The maximum Gasteiger partial charge on any atom is 0.276 e. The van der Waals surface area contributed by atoms with Gasteiger partial charge in [-0.05, 0) is 54.8 Å². The molecule has 132 valence electrons. The van der Waals surface area contributed by atoms with Crippen molar-refractivity contribution < 1.29 is 4.79 Å². The van der Waals surface area contributed by atoms with Crippen LogP contribution in [0.25, 0.3) is 0 Å². The molecule has 0 saturated heterocycles. The lowest BCUT2D eigenvalue weighted by molar-refractivity contribution is 0.102. The summed E-state index contributed by atoms with van der Waals surface area (Å²) < 4.78 is 0. The molecule has 0 spiro atoms. The first-order valence-electron chi connectivity index (χ1n) is 8.07. The molecule has 26 heavy (non-hydrogen) atoms. The summed E-state index contributed by atoms with van der Waals surface area (Å²) in [4.78, 5) is 16.4. The lowest BCUT2D eigenvalue weighted by Gasteiger charge is -2.11. The van der Waals surface area contributed by atoms with E-state index in [1.807, 2.05) is 32.0 Å². The van der Waals surface area contributed by atoms with Crippen LogP contribution in [-0.2, 0) is 6.54 Å². The van der Waals surface area contributed by atoms with Crippen LogP contribution in [0.1, 0.15) is 27.2 Å². The summed E-state index contributed by atoms with van der Waals surface area (Å²) in [5, 5.41) is 14.5. The Morgan fingerprint density at radius 3 is 2.65 bits per heavy atom. The average Bonchev–Trinajstić information content (AvgIpc) is 2.64. The van der Waals surface area contributed by atoms with Gasteiger partial charge >= 0.3 is 0 Å². The van der Waals surface area contributed by atoms with Gasteiger partial charge in [0, 0.05) is 18.9 Å². The van der Waals surface area contributed by atoms with Gasteiger partial charge in [-0.2, -0.15) is 0 Å². The van der Waals surface area contributed by atoms with E-state index in [-0.39, 0.29) is 11.6 Å². The molecule has 0 atom stereocenters. The molecule has 0 saturated carbocycles. The van der Waals surface area contributed by atoms with E-state index in [2.05, 4.69) is 25.8 Å². The Bertz CT molecular complexity index is 890. The van der Waals surface area contributed by atoms with Gasteiger partial charge in [-0.3, -0.25) is 9.78 Å². The van der Waals surface area contributed by atoms with Gasteiger partial charge in [0.05, 0.1) is 10.7 Å². The molecule has 3 rings (SSSR count). The number of aryl methyl sites for hydroxylation is 2. The number of rotatable bonds is 5. The molecule has 0 unspecified atom stereocenters. The van der Waals surface area contributed by atoms with Crippen LogP contribution in [0.2, 0.25) is 5.02 Å². The van der Waals surface area contributed by atoms with E-state index in [1.165, 1.54) is 0 Å². The minimum atomic E-state index is -0.356. The third-order valence-corrected chi connectivity index (χ3v) is 4.06. The number of anilines is 2. The first-order valence-corrected chi connectivity index (χ1v) is 8.45. The second kappa shape index (κ2) is 7.93. The minimum Gasteiger partial charge on any atom is -0.364 e. The molecule has 0 fully saturated rings. The summed E-state index contributed by atoms with van der Waals surface area (Å²) >= 11 is 6.23. The van der Waals surface area contributed by atoms with E-state index >= 15 is 0 Å². The van der Waals surface area contributed by atoms with Crippen LogP contribution in [0.4, 0.5) is 11.5 Å². The standard InChI is InChI=1S/C19H18ClN5O/c1-12-8-13(2)18(15(20)9-12)23-19(26)16-5-6-17(25-24-16)22-11-14-4-3-7-21-10-14/h3-10H,11H2,1-2H3,(H,22,25)(H,23,26). The Morgan fingerprint density at radius 1 is 1.15 bits per heavy atom. The SMILES string of the molecule is Cc1cc(C)c(NC(=O)c2ccc(NCc3cccnc3)nn2)c(Cl)c1. The van der Waals surface area contributed by atoms with Crippen molar-refractivity contribution in [3.63, 3.8) is 0 Å². The molecule has 0 aliphatic rings. The summed E-state index contributed by atoms with van der Waals surface area (Å²) in [6.45, 7) is 4.42. The highest BCUT2D eigenvalue weighted by molar-refractivity contribution is 6.34. The summed E-state index contributed by atoms with van der Waals surface area (Å²) in [6, 6.07) is 10.9. The Balaban J connectivity index is 1.66. The molecule has 7 heteroatoms. The number of benzene rings is 1. The normalized spacial score (nSPS) is 10.4. The van der Waals surface area contributed by atoms with Crippen molar-refractivity contribution >= 4 is 29.0 Å². The van der Waals surface area contributed by atoms with Gasteiger partial charge in [0.15, 0.2) is 5.69 Å². The van der Waals surface area contributed by atoms with Crippen molar-refractivity contribution in [3.8, 4) is 0 Å². The molecule has 6 nitrogen and oxygen atoms in total. The Morgan fingerprint density at radius 2 is 2.00 bits per heavy atom. The number of amides is 1. The molecule has 0 radical (unpaired) electrons. The quantitative estimate of drug-likeness (QED) is 0.712. The predicted octanol–water partition coefficient (Wildman–Crippen LogP) is 4.01. The molecule has 2 aromatic heterocycles. The van der Waals surface area contributed by atoms with Crippen LogP contribution >= 0.6 is 11.6 Å². The third-order valence-electron chi connectivity index (χ3n) is 3.76. The lowest BCUT2D eigenvalue weighted by atomic mass is 10.1.